The Morgan fingerprint density at radius 1 is 0.967 bits per heavy atom. The third-order valence-corrected chi connectivity index (χ3v) is 6.34. The van der Waals surface area contributed by atoms with E-state index in [4.69, 9.17) is 11.6 Å². The minimum Gasteiger partial charge on any atom is -0.318 e. The van der Waals surface area contributed by atoms with Gasteiger partial charge in [0.25, 0.3) is 11.1 Å². The maximum Gasteiger partial charge on any atom is 0.293 e. The molecule has 0 spiro atoms. The number of thioether (sulfide) groups is 1. The first-order chi connectivity index (χ1) is 14.3. The first-order valence-electron chi connectivity index (χ1n) is 9.59. The predicted octanol–water partition coefficient (Wildman–Crippen LogP) is 6.29. The number of benzene rings is 2. The molecule has 4 rings (SSSR count). The summed E-state index contributed by atoms with van der Waals surface area (Å²) in [7, 11) is 0. The number of halogens is 1. The van der Waals surface area contributed by atoms with Crippen molar-refractivity contribution in [2.24, 2.45) is 0 Å². The van der Waals surface area contributed by atoms with Crippen LogP contribution in [0.2, 0.25) is 5.02 Å². The van der Waals surface area contributed by atoms with Crippen molar-refractivity contribution >= 4 is 40.6 Å². The third kappa shape index (κ3) is 3.95. The standard InChI is InChI=1S/C24H21ClN2O2S/c1-15-4-10-21(11-5-15)27-16(2)12-19(17(27)3)13-22-23(28)26(24(29)30-22)14-18-6-8-20(25)9-7-18/h4-13H,14H2,1-3H3/b22-13-. The first-order valence-corrected chi connectivity index (χ1v) is 10.8. The second-order valence-electron chi connectivity index (χ2n) is 7.39. The molecule has 1 saturated heterocycles. The number of carbonyl (C=O) groups excluding carboxylic acids is 2. The Bertz CT molecular complexity index is 1160. The summed E-state index contributed by atoms with van der Waals surface area (Å²) in [6.45, 7) is 6.36. The molecule has 30 heavy (non-hydrogen) atoms. The molecule has 2 aromatic carbocycles. The van der Waals surface area contributed by atoms with Gasteiger partial charge in [0.05, 0.1) is 11.4 Å². The molecule has 0 bridgehead atoms. The molecule has 0 N–H and O–H groups in total. The SMILES string of the molecule is Cc1ccc(-n2c(C)cc(/C=C3\SC(=O)N(Cc4ccc(Cl)cc4)C3=O)c2C)cc1. The van der Waals surface area contributed by atoms with Gasteiger partial charge >= 0.3 is 0 Å². The van der Waals surface area contributed by atoms with Crippen molar-refractivity contribution in [3.05, 3.63) is 92.6 Å². The molecule has 0 unspecified atom stereocenters. The first kappa shape index (κ1) is 20.5. The van der Waals surface area contributed by atoms with E-state index in [-0.39, 0.29) is 17.7 Å². The van der Waals surface area contributed by atoms with E-state index in [1.807, 2.05) is 38.1 Å². The van der Waals surface area contributed by atoms with Crippen molar-refractivity contribution in [3.63, 3.8) is 0 Å². The molecule has 1 aromatic heterocycles. The van der Waals surface area contributed by atoms with Crippen molar-refractivity contribution < 1.29 is 9.59 Å². The molecule has 0 radical (unpaired) electrons. The van der Waals surface area contributed by atoms with Crippen LogP contribution in [0.3, 0.4) is 0 Å². The third-order valence-electron chi connectivity index (χ3n) is 5.18. The van der Waals surface area contributed by atoms with E-state index in [2.05, 4.69) is 35.8 Å². The van der Waals surface area contributed by atoms with Crippen LogP contribution in [-0.2, 0) is 11.3 Å². The Balaban J connectivity index is 1.61. The number of imide groups is 1. The van der Waals surface area contributed by atoms with E-state index >= 15 is 0 Å². The number of amides is 2. The summed E-state index contributed by atoms with van der Waals surface area (Å²) in [5.74, 6) is -0.264. The number of hydrogen-bond donors (Lipinski definition) is 0. The minimum atomic E-state index is -0.264. The van der Waals surface area contributed by atoms with Gasteiger partial charge in [-0.2, -0.15) is 0 Å². The summed E-state index contributed by atoms with van der Waals surface area (Å²) in [6.07, 6.45) is 1.82. The van der Waals surface area contributed by atoms with Crippen LogP contribution in [0.5, 0.6) is 0 Å². The number of aryl methyl sites for hydroxylation is 2. The minimum absolute atomic E-state index is 0.238. The van der Waals surface area contributed by atoms with Crippen molar-refractivity contribution in [2.75, 3.05) is 0 Å². The van der Waals surface area contributed by atoms with E-state index in [1.165, 1.54) is 10.5 Å². The average molecular weight is 437 g/mol. The number of carbonyl (C=O) groups is 2. The zero-order valence-electron chi connectivity index (χ0n) is 17.0. The molecule has 6 heteroatoms. The van der Waals surface area contributed by atoms with Gasteiger partial charge in [-0.15, -0.1) is 0 Å². The van der Waals surface area contributed by atoms with Gasteiger partial charge in [-0.05, 0) is 80.1 Å². The van der Waals surface area contributed by atoms with Crippen LogP contribution in [0, 0.1) is 20.8 Å². The highest BCUT2D eigenvalue weighted by atomic mass is 35.5. The fraction of sp³-hybridized carbons (Fsp3) is 0.167. The Kier molecular flexibility index (Phi) is 5.58. The van der Waals surface area contributed by atoms with Gasteiger partial charge in [0, 0.05) is 22.1 Å². The van der Waals surface area contributed by atoms with Gasteiger partial charge in [-0.25, -0.2) is 0 Å². The summed E-state index contributed by atoms with van der Waals surface area (Å²) < 4.78 is 2.16. The van der Waals surface area contributed by atoms with Crippen LogP contribution in [0.4, 0.5) is 4.79 Å². The molecule has 0 saturated carbocycles. The lowest BCUT2D eigenvalue weighted by Gasteiger charge is -2.12. The molecule has 2 heterocycles. The van der Waals surface area contributed by atoms with Crippen molar-refractivity contribution in [1.82, 2.24) is 9.47 Å². The molecule has 1 aliphatic heterocycles. The summed E-state index contributed by atoms with van der Waals surface area (Å²) in [5.41, 5.74) is 6.18. The van der Waals surface area contributed by atoms with Gasteiger partial charge in [0.1, 0.15) is 0 Å². The molecule has 3 aromatic rings. The van der Waals surface area contributed by atoms with Gasteiger partial charge in [-0.3, -0.25) is 14.5 Å². The maximum absolute atomic E-state index is 12.9. The lowest BCUT2D eigenvalue weighted by molar-refractivity contribution is -0.123. The average Bonchev–Trinajstić information content (AvgIpc) is 3.14. The van der Waals surface area contributed by atoms with Gasteiger partial charge < -0.3 is 4.57 Å². The summed E-state index contributed by atoms with van der Waals surface area (Å²) >= 11 is 6.90. The highest BCUT2D eigenvalue weighted by molar-refractivity contribution is 8.18. The van der Waals surface area contributed by atoms with Crippen LogP contribution in [0.1, 0.15) is 28.1 Å². The quantitative estimate of drug-likeness (QED) is 0.451. The smallest absolute Gasteiger partial charge is 0.293 e. The number of aromatic nitrogens is 1. The zero-order valence-corrected chi connectivity index (χ0v) is 18.6. The van der Waals surface area contributed by atoms with Crippen molar-refractivity contribution in [1.29, 1.82) is 0 Å². The fourth-order valence-electron chi connectivity index (χ4n) is 3.57. The van der Waals surface area contributed by atoms with Gasteiger partial charge in [0.2, 0.25) is 0 Å². The Morgan fingerprint density at radius 3 is 2.30 bits per heavy atom. The number of rotatable bonds is 4. The molecule has 0 aliphatic carbocycles. The Morgan fingerprint density at radius 2 is 1.63 bits per heavy atom. The fourth-order valence-corrected chi connectivity index (χ4v) is 4.53. The maximum atomic E-state index is 12.9. The highest BCUT2D eigenvalue weighted by Crippen LogP contribution is 2.34. The second-order valence-corrected chi connectivity index (χ2v) is 8.82. The molecule has 1 fully saturated rings. The monoisotopic (exact) mass is 436 g/mol. The van der Waals surface area contributed by atoms with E-state index in [0.29, 0.717) is 9.93 Å². The molecule has 0 atom stereocenters. The van der Waals surface area contributed by atoms with Crippen LogP contribution in [0.15, 0.2) is 59.5 Å². The molecule has 152 valence electrons. The largest absolute Gasteiger partial charge is 0.318 e. The van der Waals surface area contributed by atoms with E-state index in [9.17, 15) is 9.59 Å². The van der Waals surface area contributed by atoms with Crippen LogP contribution in [-0.4, -0.2) is 20.6 Å². The molecule has 1 aliphatic rings. The highest BCUT2D eigenvalue weighted by Gasteiger charge is 2.35. The predicted molar refractivity (Wildman–Crippen MR) is 123 cm³/mol. The molecule has 2 amide bonds. The van der Waals surface area contributed by atoms with Crippen LogP contribution < -0.4 is 0 Å². The Hall–Kier alpha value is -2.76. The Labute approximate surface area is 185 Å². The lowest BCUT2D eigenvalue weighted by atomic mass is 10.2. The summed E-state index contributed by atoms with van der Waals surface area (Å²) in [5, 5.41) is 0.366. The van der Waals surface area contributed by atoms with Gasteiger partial charge in [0.15, 0.2) is 0 Å². The van der Waals surface area contributed by atoms with E-state index in [0.717, 1.165) is 40.0 Å². The van der Waals surface area contributed by atoms with E-state index in [1.54, 1.807) is 12.1 Å². The van der Waals surface area contributed by atoms with Crippen molar-refractivity contribution in [2.45, 2.75) is 27.3 Å². The number of hydrogen-bond acceptors (Lipinski definition) is 3. The van der Waals surface area contributed by atoms with Gasteiger partial charge in [-0.1, -0.05) is 41.4 Å². The molecule has 4 nitrogen and oxygen atoms in total. The van der Waals surface area contributed by atoms with E-state index < -0.39 is 0 Å². The zero-order chi connectivity index (χ0) is 21.4. The normalized spacial score (nSPS) is 15.5. The molecular weight excluding hydrogens is 416 g/mol. The van der Waals surface area contributed by atoms with Crippen LogP contribution >= 0.6 is 23.4 Å². The van der Waals surface area contributed by atoms with Crippen molar-refractivity contribution in [3.8, 4) is 5.69 Å². The number of nitrogens with zero attached hydrogens (tertiary/aromatic N) is 2. The molecular formula is C24H21ClN2O2S. The lowest BCUT2D eigenvalue weighted by Crippen LogP contribution is -2.27. The summed E-state index contributed by atoms with van der Waals surface area (Å²) in [4.78, 5) is 27.1. The second kappa shape index (κ2) is 8.17. The van der Waals surface area contributed by atoms with Crippen LogP contribution in [0.25, 0.3) is 11.8 Å². The topological polar surface area (TPSA) is 42.3 Å². The summed E-state index contributed by atoms with van der Waals surface area (Å²) in [6, 6.07) is 17.5.